The van der Waals surface area contributed by atoms with Crippen LogP contribution in [-0.4, -0.2) is 38.6 Å². The van der Waals surface area contributed by atoms with Crippen molar-refractivity contribution in [3.8, 4) is 22.8 Å². The van der Waals surface area contributed by atoms with E-state index in [9.17, 15) is 4.79 Å². The number of thiazole rings is 1. The van der Waals surface area contributed by atoms with Crippen molar-refractivity contribution in [3.63, 3.8) is 0 Å². The second kappa shape index (κ2) is 10.4. The molecule has 0 saturated heterocycles. The molecule has 2 heterocycles. The molecule has 0 bridgehead atoms. The standard InChI is InChI=1S/C22H22N6O3S2/c1-14-24-19(12-32-14)15-5-3-6-16(9-15)25-21(29)13-33-22-27-26-20(28(22)23)11-31-18-8-4-7-17(10-18)30-2/h3-10,12H,11,13,23H2,1-2H3,(H,25,29). The summed E-state index contributed by atoms with van der Waals surface area (Å²) in [5.74, 6) is 7.78. The van der Waals surface area contributed by atoms with Gasteiger partial charge in [0.05, 0.1) is 23.6 Å². The Labute approximate surface area is 198 Å². The van der Waals surface area contributed by atoms with E-state index in [0.29, 0.717) is 28.2 Å². The Hall–Kier alpha value is -3.57. The normalized spacial score (nSPS) is 10.7. The number of aromatic nitrogens is 4. The highest BCUT2D eigenvalue weighted by Crippen LogP contribution is 2.25. The lowest BCUT2D eigenvalue weighted by atomic mass is 10.1. The van der Waals surface area contributed by atoms with Gasteiger partial charge in [-0.1, -0.05) is 30.0 Å². The van der Waals surface area contributed by atoms with Gasteiger partial charge in [-0.2, -0.15) is 0 Å². The summed E-state index contributed by atoms with van der Waals surface area (Å²) in [7, 11) is 1.59. The smallest absolute Gasteiger partial charge is 0.234 e. The molecule has 4 rings (SSSR count). The van der Waals surface area contributed by atoms with Crippen LogP contribution in [0.1, 0.15) is 10.8 Å². The van der Waals surface area contributed by atoms with Crippen LogP contribution < -0.4 is 20.6 Å². The van der Waals surface area contributed by atoms with Crippen molar-refractivity contribution >= 4 is 34.7 Å². The number of anilines is 1. The molecule has 0 aliphatic rings. The van der Waals surface area contributed by atoms with Crippen LogP contribution in [-0.2, 0) is 11.4 Å². The van der Waals surface area contributed by atoms with Crippen molar-refractivity contribution in [3.05, 3.63) is 64.7 Å². The third kappa shape index (κ3) is 5.82. The number of nitrogens with one attached hydrogen (secondary N) is 1. The van der Waals surface area contributed by atoms with E-state index < -0.39 is 0 Å². The average Bonchev–Trinajstić information content (AvgIpc) is 3.42. The van der Waals surface area contributed by atoms with Crippen LogP contribution in [0.25, 0.3) is 11.3 Å². The third-order valence-corrected chi connectivity index (χ3v) is 6.25. The molecule has 0 atom stereocenters. The summed E-state index contributed by atoms with van der Waals surface area (Å²) in [5.41, 5.74) is 2.54. The maximum atomic E-state index is 12.4. The summed E-state index contributed by atoms with van der Waals surface area (Å²) in [6.07, 6.45) is 0. The first kappa shape index (κ1) is 22.6. The average molecular weight is 483 g/mol. The first-order chi connectivity index (χ1) is 16.0. The lowest BCUT2D eigenvalue weighted by Gasteiger charge is -2.08. The van der Waals surface area contributed by atoms with Gasteiger partial charge in [-0.25, -0.2) is 9.66 Å². The Morgan fingerprint density at radius 3 is 2.79 bits per heavy atom. The third-order valence-electron chi connectivity index (χ3n) is 4.54. The van der Waals surface area contributed by atoms with E-state index in [1.165, 1.54) is 16.4 Å². The minimum Gasteiger partial charge on any atom is -0.497 e. The van der Waals surface area contributed by atoms with E-state index in [-0.39, 0.29) is 18.3 Å². The van der Waals surface area contributed by atoms with E-state index in [0.717, 1.165) is 16.3 Å². The SMILES string of the molecule is COc1cccc(OCc2nnc(SCC(=O)Nc3cccc(-c4csc(C)n4)c3)n2N)c1. The van der Waals surface area contributed by atoms with Crippen molar-refractivity contribution in [2.45, 2.75) is 18.7 Å². The summed E-state index contributed by atoms with van der Waals surface area (Å²) in [4.78, 5) is 16.9. The van der Waals surface area contributed by atoms with Gasteiger partial charge in [-0.3, -0.25) is 4.79 Å². The first-order valence-electron chi connectivity index (χ1n) is 9.93. The molecule has 0 unspecified atom stereocenters. The second-order valence-corrected chi connectivity index (χ2v) is 8.91. The highest BCUT2D eigenvalue weighted by molar-refractivity contribution is 7.99. The molecule has 9 nitrogen and oxygen atoms in total. The van der Waals surface area contributed by atoms with Gasteiger partial charge in [0.15, 0.2) is 5.82 Å². The summed E-state index contributed by atoms with van der Waals surface area (Å²) in [5, 5.41) is 14.4. The summed E-state index contributed by atoms with van der Waals surface area (Å²) in [6, 6.07) is 14.8. The summed E-state index contributed by atoms with van der Waals surface area (Å²) < 4.78 is 12.2. The fourth-order valence-electron chi connectivity index (χ4n) is 2.92. The molecule has 0 fully saturated rings. The number of hydrogen-bond donors (Lipinski definition) is 2. The molecular formula is C22H22N6O3S2. The van der Waals surface area contributed by atoms with Crippen molar-refractivity contribution in [1.82, 2.24) is 19.9 Å². The number of hydrogen-bond acceptors (Lipinski definition) is 9. The van der Waals surface area contributed by atoms with E-state index >= 15 is 0 Å². The molecule has 170 valence electrons. The molecule has 0 aliphatic heterocycles. The van der Waals surface area contributed by atoms with Crippen LogP contribution in [0.4, 0.5) is 5.69 Å². The highest BCUT2D eigenvalue weighted by atomic mass is 32.2. The largest absolute Gasteiger partial charge is 0.497 e. The van der Waals surface area contributed by atoms with Crippen molar-refractivity contribution in [2.75, 3.05) is 24.0 Å². The van der Waals surface area contributed by atoms with Crippen LogP contribution in [0.2, 0.25) is 0 Å². The van der Waals surface area contributed by atoms with Crippen LogP contribution >= 0.6 is 23.1 Å². The predicted octanol–water partition coefficient (Wildman–Crippen LogP) is 3.74. The highest BCUT2D eigenvalue weighted by Gasteiger charge is 2.14. The molecule has 1 amide bonds. The van der Waals surface area contributed by atoms with Gasteiger partial charge >= 0.3 is 0 Å². The molecule has 0 aliphatic carbocycles. The monoisotopic (exact) mass is 482 g/mol. The lowest BCUT2D eigenvalue weighted by molar-refractivity contribution is -0.113. The molecular weight excluding hydrogens is 460 g/mol. The Morgan fingerprint density at radius 2 is 2.00 bits per heavy atom. The Bertz CT molecular complexity index is 1260. The number of nitrogens with zero attached hydrogens (tertiary/aromatic N) is 4. The van der Waals surface area contributed by atoms with E-state index in [1.54, 1.807) is 24.5 Å². The number of carbonyl (C=O) groups is 1. The minimum absolute atomic E-state index is 0.131. The Kier molecular flexibility index (Phi) is 7.10. The zero-order chi connectivity index (χ0) is 23.2. The van der Waals surface area contributed by atoms with Gasteiger partial charge < -0.3 is 20.6 Å². The maximum absolute atomic E-state index is 12.4. The number of aryl methyl sites for hydroxylation is 1. The van der Waals surface area contributed by atoms with Gasteiger partial charge in [-0.15, -0.1) is 21.5 Å². The number of ether oxygens (including phenoxy) is 2. The molecule has 4 aromatic rings. The van der Waals surface area contributed by atoms with Crippen LogP contribution in [0, 0.1) is 6.92 Å². The molecule has 33 heavy (non-hydrogen) atoms. The second-order valence-electron chi connectivity index (χ2n) is 6.91. The van der Waals surface area contributed by atoms with Crippen molar-refractivity contribution < 1.29 is 14.3 Å². The molecule has 3 N–H and O–H groups in total. The molecule has 0 saturated carbocycles. The number of methoxy groups -OCH3 is 1. The van der Waals surface area contributed by atoms with Gasteiger partial charge in [-0.05, 0) is 31.2 Å². The molecule has 0 spiro atoms. The Morgan fingerprint density at radius 1 is 1.18 bits per heavy atom. The summed E-state index contributed by atoms with van der Waals surface area (Å²) >= 11 is 2.78. The van der Waals surface area contributed by atoms with Crippen LogP contribution in [0.15, 0.2) is 59.1 Å². The molecule has 2 aromatic carbocycles. The van der Waals surface area contributed by atoms with Crippen LogP contribution in [0.3, 0.4) is 0 Å². The topological polar surface area (TPSA) is 117 Å². The van der Waals surface area contributed by atoms with Crippen LogP contribution in [0.5, 0.6) is 11.5 Å². The zero-order valence-corrected chi connectivity index (χ0v) is 19.7. The lowest BCUT2D eigenvalue weighted by Crippen LogP contribution is -2.18. The quantitative estimate of drug-likeness (QED) is 0.274. The first-order valence-corrected chi connectivity index (χ1v) is 11.8. The minimum atomic E-state index is -0.177. The molecule has 11 heteroatoms. The predicted molar refractivity (Wildman–Crippen MR) is 129 cm³/mol. The van der Waals surface area contributed by atoms with E-state index in [2.05, 4.69) is 20.5 Å². The summed E-state index contributed by atoms with van der Waals surface area (Å²) in [6.45, 7) is 2.09. The molecule has 2 aromatic heterocycles. The Balaban J connectivity index is 1.31. The molecule has 0 radical (unpaired) electrons. The number of benzene rings is 2. The van der Waals surface area contributed by atoms with Gasteiger partial charge in [0.2, 0.25) is 11.1 Å². The van der Waals surface area contributed by atoms with Gasteiger partial charge in [0.1, 0.15) is 18.1 Å². The number of carbonyl (C=O) groups excluding carboxylic acids is 1. The van der Waals surface area contributed by atoms with Gasteiger partial charge in [0.25, 0.3) is 0 Å². The zero-order valence-electron chi connectivity index (χ0n) is 18.0. The van der Waals surface area contributed by atoms with E-state index in [4.69, 9.17) is 15.3 Å². The van der Waals surface area contributed by atoms with Gasteiger partial charge in [0, 0.05) is 22.7 Å². The number of thioether (sulfide) groups is 1. The number of nitrogen functional groups attached to an aromatic ring is 1. The fourth-order valence-corrected chi connectivity index (χ4v) is 4.22. The fraction of sp³-hybridized carbons (Fsp3) is 0.182. The number of nitrogens with two attached hydrogens (primary N) is 1. The van der Waals surface area contributed by atoms with Crippen molar-refractivity contribution in [1.29, 1.82) is 0 Å². The van der Waals surface area contributed by atoms with E-state index in [1.807, 2.05) is 54.8 Å². The number of rotatable bonds is 9. The number of amides is 1. The maximum Gasteiger partial charge on any atom is 0.234 e. The van der Waals surface area contributed by atoms with Crippen molar-refractivity contribution in [2.24, 2.45) is 0 Å².